The minimum atomic E-state index is -0.484. The smallest absolute Gasteiger partial charge is 0.243 e. The van der Waals surface area contributed by atoms with E-state index >= 15 is 0 Å². The van der Waals surface area contributed by atoms with E-state index in [0.29, 0.717) is 13.2 Å². The number of hydrogen-bond donors (Lipinski definition) is 2. The standard InChI is InChI=1S/C12H23N3O3/c1-2-5-14-10-4-3-6-15(12(10)17)7-8-18-9-11(13)16/h10,14H,2-9H2,1H3,(H2,13,16). The van der Waals surface area contributed by atoms with E-state index in [0.717, 1.165) is 32.4 Å². The molecule has 6 heteroatoms. The highest BCUT2D eigenvalue weighted by Crippen LogP contribution is 2.11. The Morgan fingerprint density at radius 1 is 1.61 bits per heavy atom. The van der Waals surface area contributed by atoms with Gasteiger partial charge in [-0.3, -0.25) is 9.59 Å². The number of nitrogens with two attached hydrogens (primary N) is 1. The molecule has 0 aromatic rings. The van der Waals surface area contributed by atoms with Crippen LogP contribution in [0.4, 0.5) is 0 Å². The fourth-order valence-electron chi connectivity index (χ4n) is 2.02. The molecule has 0 aromatic carbocycles. The van der Waals surface area contributed by atoms with Gasteiger partial charge in [0.1, 0.15) is 6.61 Å². The third-order valence-corrected chi connectivity index (χ3v) is 2.92. The van der Waals surface area contributed by atoms with Gasteiger partial charge in [0, 0.05) is 13.1 Å². The van der Waals surface area contributed by atoms with Crippen molar-refractivity contribution >= 4 is 11.8 Å². The Morgan fingerprint density at radius 3 is 3.06 bits per heavy atom. The number of likely N-dealkylation sites (tertiary alicyclic amines) is 1. The SMILES string of the molecule is CCCNC1CCCN(CCOCC(N)=O)C1=O. The van der Waals surface area contributed by atoms with E-state index in [9.17, 15) is 9.59 Å². The lowest BCUT2D eigenvalue weighted by Crippen LogP contribution is -2.51. The second-order valence-electron chi connectivity index (χ2n) is 4.49. The van der Waals surface area contributed by atoms with Crippen LogP contribution >= 0.6 is 0 Å². The predicted octanol–water partition coefficient (Wildman–Crippen LogP) is -0.521. The van der Waals surface area contributed by atoms with Crippen molar-refractivity contribution in [3.63, 3.8) is 0 Å². The number of primary amides is 1. The van der Waals surface area contributed by atoms with E-state index < -0.39 is 5.91 Å². The number of amides is 2. The number of carbonyl (C=O) groups is 2. The van der Waals surface area contributed by atoms with Gasteiger partial charge in [0.25, 0.3) is 0 Å². The summed E-state index contributed by atoms with van der Waals surface area (Å²) in [5, 5.41) is 3.25. The quantitative estimate of drug-likeness (QED) is 0.573. The van der Waals surface area contributed by atoms with Crippen molar-refractivity contribution in [3.05, 3.63) is 0 Å². The highest BCUT2D eigenvalue weighted by atomic mass is 16.5. The summed E-state index contributed by atoms with van der Waals surface area (Å²) in [5.74, 6) is -0.347. The first-order valence-corrected chi connectivity index (χ1v) is 6.53. The summed E-state index contributed by atoms with van der Waals surface area (Å²) in [4.78, 5) is 24.4. The number of carbonyl (C=O) groups excluding carboxylic acids is 2. The molecule has 0 bridgehead atoms. The highest BCUT2D eigenvalue weighted by Gasteiger charge is 2.27. The summed E-state index contributed by atoms with van der Waals surface area (Å²) in [5.41, 5.74) is 4.96. The molecule has 6 nitrogen and oxygen atoms in total. The largest absolute Gasteiger partial charge is 0.370 e. The summed E-state index contributed by atoms with van der Waals surface area (Å²) >= 11 is 0. The molecule has 0 radical (unpaired) electrons. The Kier molecular flexibility index (Phi) is 6.67. The number of hydrogen-bond acceptors (Lipinski definition) is 4. The van der Waals surface area contributed by atoms with E-state index in [1.54, 1.807) is 4.90 Å². The van der Waals surface area contributed by atoms with Gasteiger partial charge in [0.05, 0.1) is 12.6 Å². The van der Waals surface area contributed by atoms with Crippen LogP contribution < -0.4 is 11.1 Å². The van der Waals surface area contributed by atoms with Gasteiger partial charge in [0.2, 0.25) is 11.8 Å². The lowest BCUT2D eigenvalue weighted by atomic mass is 10.0. The summed E-state index contributed by atoms with van der Waals surface area (Å²) in [6, 6.07) is -0.0603. The Morgan fingerprint density at radius 2 is 2.39 bits per heavy atom. The Hall–Kier alpha value is -1.14. The maximum absolute atomic E-state index is 12.1. The highest BCUT2D eigenvalue weighted by molar-refractivity contribution is 5.82. The minimum absolute atomic E-state index is 0.0603. The molecule has 1 unspecified atom stereocenters. The molecule has 3 N–H and O–H groups in total. The fraction of sp³-hybridized carbons (Fsp3) is 0.833. The van der Waals surface area contributed by atoms with Crippen LogP contribution in [0.3, 0.4) is 0 Å². The second kappa shape index (κ2) is 8.05. The molecular formula is C12H23N3O3. The van der Waals surface area contributed by atoms with Crippen LogP contribution in [0, 0.1) is 0 Å². The lowest BCUT2D eigenvalue weighted by Gasteiger charge is -2.32. The van der Waals surface area contributed by atoms with Crippen molar-refractivity contribution in [1.82, 2.24) is 10.2 Å². The van der Waals surface area contributed by atoms with Gasteiger partial charge in [-0.25, -0.2) is 0 Å². The van der Waals surface area contributed by atoms with Crippen molar-refractivity contribution < 1.29 is 14.3 Å². The molecule has 1 rings (SSSR count). The zero-order chi connectivity index (χ0) is 13.4. The molecule has 1 aliphatic rings. The number of nitrogens with zero attached hydrogens (tertiary/aromatic N) is 1. The predicted molar refractivity (Wildman–Crippen MR) is 67.9 cm³/mol. The van der Waals surface area contributed by atoms with Gasteiger partial charge in [-0.1, -0.05) is 6.92 Å². The first-order chi connectivity index (χ1) is 8.65. The van der Waals surface area contributed by atoms with Gasteiger partial charge >= 0.3 is 0 Å². The normalized spacial score (nSPS) is 20.2. The summed E-state index contributed by atoms with van der Waals surface area (Å²) in [6.45, 7) is 4.51. The third-order valence-electron chi connectivity index (χ3n) is 2.92. The zero-order valence-corrected chi connectivity index (χ0v) is 11.0. The Balaban J connectivity index is 2.27. The number of ether oxygens (including phenoxy) is 1. The first-order valence-electron chi connectivity index (χ1n) is 6.53. The average molecular weight is 257 g/mol. The fourth-order valence-corrected chi connectivity index (χ4v) is 2.02. The molecular weight excluding hydrogens is 234 g/mol. The van der Waals surface area contributed by atoms with Crippen molar-refractivity contribution in [1.29, 1.82) is 0 Å². The summed E-state index contributed by atoms with van der Waals surface area (Å²) in [6.07, 6.45) is 2.92. The van der Waals surface area contributed by atoms with Gasteiger partial charge in [0.15, 0.2) is 0 Å². The molecule has 0 saturated carbocycles. The van der Waals surface area contributed by atoms with Crippen molar-refractivity contribution in [2.45, 2.75) is 32.2 Å². The van der Waals surface area contributed by atoms with Crippen molar-refractivity contribution in [2.75, 3.05) is 32.8 Å². The molecule has 1 saturated heterocycles. The molecule has 0 aromatic heterocycles. The van der Waals surface area contributed by atoms with Gasteiger partial charge < -0.3 is 20.7 Å². The maximum atomic E-state index is 12.1. The van der Waals surface area contributed by atoms with Crippen LogP contribution in [0.5, 0.6) is 0 Å². The van der Waals surface area contributed by atoms with E-state index in [1.807, 2.05) is 0 Å². The van der Waals surface area contributed by atoms with Crippen LogP contribution in [0.1, 0.15) is 26.2 Å². The number of rotatable bonds is 8. The van der Waals surface area contributed by atoms with E-state index in [-0.39, 0.29) is 18.6 Å². The molecule has 104 valence electrons. The van der Waals surface area contributed by atoms with Crippen LogP contribution in [-0.2, 0) is 14.3 Å². The average Bonchev–Trinajstić information content (AvgIpc) is 2.34. The Labute approximate surface area is 108 Å². The van der Waals surface area contributed by atoms with Gasteiger partial charge in [-0.05, 0) is 25.8 Å². The molecule has 0 aliphatic carbocycles. The van der Waals surface area contributed by atoms with Crippen molar-refractivity contribution in [2.24, 2.45) is 5.73 Å². The van der Waals surface area contributed by atoms with Crippen LogP contribution in [0.15, 0.2) is 0 Å². The summed E-state index contributed by atoms with van der Waals surface area (Å²) in [7, 11) is 0. The van der Waals surface area contributed by atoms with Crippen molar-refractivity contribution in [3.8, 4) is 0 Å². The van der Waals surface area contributed by atoms with Gasteiger partial charge in [-0.15, -0.1) is 0 Å². The van der Waals surface area contributed by atoms with Crippen LogP contribution in [-0.4, -0.2) is 55.6 Å². The molecule has 1 atom stereocenters. The second-order valence-corrected chi connectivity index (χ2v) is 4.49. The van der Waals surface area contributed by atoms with E-state index in [2.05, 4.69) is 12.2 Å². The monoisotopic (exact) mass is 257 g/mol. The molecule has 2 amide bonds. The lowest BCUT2D eigenvalue weighted by molar-refractivity contribution is -0.136. The van der Waals surface area contributed by atoms with E-state index in [1.165, 1.54) is 0 Å². The third kappa shape index (κ3) is 5.01. The Bertz CT molecular complexity index is 284. The minimum Gasteiger partial charge on any atom is -0.370 e. The first kappa shape index (κ1) is 14.9. The topological polar surface area (TPSA) is 84.7 Å². The molecule has 1 heterocycles. The van der Waals surface area contributed by atoms with Crippen LogP contribution in [0.2, 0.25) is 0 Å². The molecule has 0 spiro atoms. The van der Waals surface area contributed by atoms with E-state index in [4.69, 9.17) is 10.5 Å². The maximum Gasteiger partial charge on any atom is 0.243 e. The summed E-state index contributed by atoms with van der Waals surface area (Å²) < 4.78 is 5.07. The van der Waals surface area contributed by atoms with Gasteiger partial charge in [-0.2, -0.15) is 0 Å². The number of nitrogens with one attached hydrogen (secondary N) is 1. The molecule has 1 fully saturated rings. The molecule has 18 heavy (non-hydrogen) atoms. The molecule has 1 aliphatic heterocycles. The zero-order valence-electron chi connectivity index (χ0n) is 11.0. The van der Waals surface area contributed by atoms with Crippen LogP contribution in [0.25, 0.3) is 0 Å². The number of piperidine rings is 1.